The lowest BCUT2D eigenvalue weighted by atomic mass is 9.93. The fourth-order valence-electron chi connectivity index (χ4n) is 6.76. The molecule has 0 radical (unpaired) electrons. The predicted octanol–water partition coefficient (Wildman–Crippen LogP) is 6.13. The van der Waals surface area contributed by atoms with Crippen molar-refractivity contribution in [2.24, 2.45) is 0 Å². The average Bonchev–Trinajstić information content (AvgIpc) is 3.50. The summed E-state index contributed by atoms with van der Waals surface area (Å²) in [4.78, 5) is 14.0. The SMILES string of the molecule is CCCN(CCc1cc(O)c(CCN(CCC)[C@H]2CCc3nc(N)sc3C2)cc1O)C1CCc2cc(C)sc2C1. The van der Waals surface area contributed by atoms with Crippen molar-refractivity contribution in [3.8, 4) is 11.5 Å². The molecule has 6 nitrogen and oxygen atoms in total. The number of nitrogens with two attached hydrogens (primary N) is 1. The zero-order chi connectivity index (χ0) is 28.2. The first kappa shape index (κ1) is 29.4. The van der Waals surface area contributed by atoms with Crippen LogP contribution in [0.2, 0.25) is 0 Å². The Bertz CT molecular complexity index is 1190. The van der Waals surface area contributed by atoms with E-state index in [2.05, 4.69) is 41.6 Å². The Labute approximate surface area is 247 Å². The van der Waals surface area contributed by atoms with Crippen LogP contribution in [0.5, 0.6) is 11.5 Å². The molecule has 40 heavy (non-hydrogen) atoms. The summed E-state index contributed by atoms with van der Waals surface area (Å²) in [5, 5.41) is 22.6. The lowest BCUT2D eigenvalue weighted by Crippen LogP contribution is -2.41. The van der Waals surface area contributed by atoms with Gasteiger partial charge < -0.3 is 15.9 Å². The van der Waals surface area contributed by atoms with Crippen LogP contribution in [0, 0.1) is 6.92 Å². The molecule has 3 aromatic rings. The highest BCUT2D eigenvalue weighted by atomic mass is 32.1. The Morgan fingerprint density at radius 1 is 0.825 bits per heavy atom. The number of anilines is 1. The summed E-state index contributed by atoms with van der Waals surface area (Å²) < 4.78 is 0. The van der Waals surface area contributed by atoms with Crippen LogP contribution in [0.15, 0.2) is 18.2 Å². The molecular formula is C32H46N4O2S2. The molecule has 0 fully saturated rings. The number of benzene rings is 1. The van der Waals surface area contributed by atoms with E-state index in [0.29, 0.717) is 28.7 Å². The van der Waals surface area contributed by atoms with Gasteiger partial charge in [-0.2, -0.15) is 0 Å². The minimum absolute atomic E-state index is 0.309. The fraction of sp³-hybridized carbons (Fsp3) is 0.594. The summed E-state index contributed by atoms with van der Waals surface area (Å²) in [6, 6.07) is 7.02. The van der Waals surface area contributed by atoms with Crippen molar-refractivity contribution in [3.63, 3.8) is 0 Å². The highest BCUT2D eigenvalue weighted by Crippen LogP contribution is 2.34. The topological polar surface area (TPSA) is 85.9 Å². The zero-order valence-electron chi connectivity index (χ0n) is 24.4. The number of thiazole rings is 1. The van der Waals surface area contributed by atoms with Crippen LogP contribution in [0.4, 0.5) is 5.13 Å². The van der Waals surface area contributed by atoms with Crippen LogP contribution < -0.4 is 5.73 Å². The minimum Gasteiger partial charge on any atom is -0.508 e. The lowest BCUT2D eigenvalue weighted by Gasteiger charge is -2.34. The largest absolute Gasteiger partial charge is 0.508 e. The number of nitrogens with zero attached hydrogens (tertiary/aromatic N) is 3. The van der Waals surface area contributed by atoms with E-state index in [9.17, 15) is 10.2 Å². The number of phenolic OH excluding ortho intramolecular Hbond substituents is 2. The molecule has 2 aliphatic carbocycles. The number of aryl methyl sites for hydroxylation is 3. The van der Waals surface area contributed by atoms with Gasteiger partial charge >= 0.3 is 0 Å². The quantitative estimate of drug-likeness (QED) is 0.223. The molecule has 5 rings (SSSR count). The smallest absolute Gasteiger partial charge is 0.180 e. The highest BCUT2D eigenvalue weighted by Gasteiger charge is 2.27. The average molecular weight is 583 g/mol. The van der Waals surface area contributed by atoms with Crippen LogP contribution in [-0.2, 0) is 38.5 Å². The second-order valence-corrected chi connectivity index (χ2v) is 14.2. The number of hydrogen-bond donors (Lipinski definition) is 3. The number of nitrogen functional groups attached to an aromatic ring is 1. The molecule has 2 heterocycles. The number of phenols is 2. The molecular weight excluding hydrogens is 537 g/mol. The Hall–Kier alpha value is -2.13. The zero-order valence-corrected chi connectivity index (χ0v) is 26.0. The van der Waals surface area contributed by atoms with Crippen LogP contribution >= 0.6 is 22.7 Å². The highest BCUT2D eigenvalue weighted by molar-refractivity contribution is 7.15. The summed E-state index contributed by atoms with van der Waals surface area (Å²) in [7, 11) is 0. The van der Waals surface area contributed by atoms with E-state index in [1.165, 1.54) is 28.3 Å². The van der Waals surface area contributed by atoms with Crippen LogP contribution in [0.25, 0.3) is 0 Å². The van der Waals surface area contributed by atoms with Crippen molar-refractivity contribution >= 4 is 27.8 Å². The van der Waals surface area contributed by atoms with E-state index in [0.717, 1.165) is 88.7 Å². The van der Waals surface area contributed by atoms with Gasteiger partial charge in [0.05, 0.1) is 5.69 Å². The molecule has 8 heteroatoms. The van der Waals surface area contributed by atoms with Crippen LogP contribution in [0.3, 0.4) is 0 Å². The number of rotatable bonds is 12. The summed E-state index contributed by atoms with van der Waals surface area (Å²) in [5.41, 5.74) is 10.4. The van der Waals surface area contributed by atoms with Gasteiger partial charge in [-0.25, -0.2) is 4.98 Å². The van der Waals surface area contributed by atoms with Gasteiger partial charge in [-0.1, -0.05) is 13.8 Å². The second-order valence-electron chi connectivity index (χ2n) is 11.7. The van der Waals surface area contributed by atoms with Crippen LogP contribution in [-0.4, -0.2) is 63.3 Å². The van der Waals surface area contributed by atoms with Gasteiger partial charge in [0.1, 0.15) is 11.5 Å². The van der Waals surface area contributed by atoms with Crippen molar-refractivity contribution < 1.29 is 10.2 Å². The molecule has 4 N–H and O–H groups in total. The molecule has 2 atom stereocenters. The van der Waals surface area contributed by atoms with E-state index in [-0.39, 0.29) is 0 Å². The number of hydrogen-bond acceptors (Lipinski definition) is 8. The van der Waals surface area contributed by atoms with Gasteiger partial charge in [-0.05, 0) is 119 Å². The first-order chi connectivity index (χ1) is 19.3. The molecule has 0 bridgehead atoms. The molecule has 0 amide bonds. The number of aromatic hydroxyl groups is 2. The van der Waals surface area contributed by atoms with Crippen molar-refractivity contribution in [3.05, 3.63) is 55.2 Å². The molecule has 218 valence electrons. The van der Waals surface area contributed by atoms with E-state index < -0.39 is 0 Å². The number of thiophene rings is 1. The molecule has 0 saturated carbocycles. The molecule has 2 aromatic heterocycles. The monoisotopic (exact) mass is 582 g/mol. The van der Waals surface area contributed by atoms with Crippen molar-refractivity contribution in [2.45, 2.75) is 97.1 Å². The van der Waals surface area contributed by atoms with Gasteiger partial charge in [0.25, 0.3) is 0 Å². The van der Waals surface area contributed by atoms with Gasteiger partial charge in [0.2, 0.25) is 0 Å². The maximum atomic E-state index is 11.0. The third-order valence-corrected chi connectivity index (χ3v) is 10.9. The van der Waals surface area contributed by atoms with E-state index in [1.807, 2.05) is 23.5 Å². The summed E-state index contributed by atoms with van der Waals surface area (Å²) in [5.74, 6) is 0.623. The van der Waals surface area contributed by atoms with E-state index in [1.54, 1.807) is 21.8 Å². The lowest BCUT2D eigenvalue weighted by molar-refractivity contribution is 0.181. The van der Waals surface area contributed by atoms with Gasteiger partial charge in [0.15, 0.2) is 5.13 Å². The minimum atomic E-state index is 0.309. The molecule has 1 aromatic carbocycles. The Balaban J connectivity index is 1.20. The van der Waals surface area contributed by atoms with Gasteiger partial charge in [0, 0.05) is 39.8 Å². The molecule has 0 saturated heterocycles. The third kappa shape index (κ3) is 6.84. The maximum Gasteiger partial charge on any atom is 0.180 e. The normalized spacial score (nSPS) is 18.8. The standard InChI is InChI=1S/C32H46N4O2S2/c1-4-12-35(25-7-6-24-16-21(3)39-30(24)19-25)14-10-22-17-29(38)23(18-28(22)37)11-15-36(13-5-2)26-8-9-27-31(20-26)40-32(33)34-27/h16-18,25-26,37-38H,4-15,19-20H2,1-3H3,(H2,33,34)/t25?,26-/m0/s1. The summed E-state index contributed by atoms with van der Waals surface area (Å²) in [6.45, 7) is 10.5. The first-order valence-corrected chi connectivity index (χ1v) is 16.8. The number of fused-ring (bicyclic) bond motifs is 2. The maximum absolute atomic E-state index is 11.0. The summed E-state index contributed by atoms with van der Waals surface area (Å²) >= 11 is 3.59. The molecule has 2 aliphatic rings. The Morgan fingerprint density at radius 2 is 1.40 bits per heavy atom. The third-order valence-electron chi connectivity index (χ3n) is 8.79. The molecule has 0 spiro atoms. The Morgan fingerprint density at radius 3 is 2.00 bits per heavy atom. The number of aromatic nitrogens is 1. The van der Waals surface area contributed by atoms with Crippen molar-refractivity contribution in [1.29, 1.82) is 0 Å². The van der Waals surface area contributed by atoms with E-state index >= 15 is 0 Å². The second kappa shape index (κ2) is 13.2. The fourth-order valence-corrected chi connectivity index (χ4v) is 8.87. The molecule has 1 unspecified atom stereocenters. The Kier molecular flexibility index (Phi) is 9.72. The first-order valence-electron chi connectivity index (χ1n) is 15.2. The summed E-state index contributed by atoms with van der Waals surface area (Å²) in [6.07, 6.45) is 10.3. The van der Waals surface area contributed by atoms with Gasteiger partial charge in [-0.15, -0.1) is 22.7 Å². The van der Waals surface area contributed by atoms with Crippen molar-refractivity contribution in [2.75, 3.05) is 31.9 Å². The molecule has 0 aliphatic heterocycles. The van der Waals surface area contributed by atoms with Gasteiger partial charge in [-0.3, -0.25) is 9.80 Å². The van der Waals surface area contributed by atoms with Crippen LogP contribution in [0.1, 0.15) is 76.5 Å². The van der Waals surface area contributed by atoms with E-state index in [4.69, 9.17) is 5.73 Å². The predicted molar refractivity (Wildman–Crippen MR) is 168 cm³/mol. The van der Waals surface area contributed by atoms with Crippen molar-refractivity contribution in [1.82, 2.24) is 14.8 Å².